The first kappa shape index (κ1) is 34.1. The summed E-state index contributed by atoms with van der Waals surface area (Å²) in [5, 5.41) is 5.89. The lowest BCUT2D eigenvalue weighted by Gasteiger charge is -2.22. The van der Waals surface area contributed by atoms with Crippen LogP contribution in [0.1, 0.15) is 53.7 Å². The molecule has 0 aliphatic heterocycles. The highest BCUT2D eigenvalue weighted by Gasteiger charge is 2.24. The summed E-state index contributed by atoms with van der Waals surface area (Å²) in [6.45, 7) is 6.08. The Balaban J connectivity index is 1.56. The average Bonchev–Trinajstić information content (AvgIpc) is 2.96. The quantitative estimate of drug-likeness (QED) is 0.150. The van der Waals surface area contributed by atoms with E-state index < -0.39 is 33.5 Å². The molecule has 0 saturated heterocycles. The molecule has 0 heterocycles. The van der Waals surface area contributed by atoms with Crippen LogP contribution in [-0.4, -0.2) is 37.1 Å². The lowest BCUT2D eigenvalue weighted by molar-refractivity contribution is -0.117. The number of nitrogens with one attached hydrogen (secondary N) is 2. The molecule has 0 fully saturated rings. The van der Waals surface area contributed by atoms with E-state index in [1.807, 2.05) is 24.3 Å². The fraction of sp³-hybridized carbons (Fsp3) is 0.235. The maximum absolute atomic E-state index is 14.5. The van der Waals surface area contributed by atoms with Crippen molar-refractivity contribution in [2.24, 2.45) is 0 Å². The van der Waals surface area contributed by atoms with Crippen LogP contribution < -0.4 is 10.6 Å². The Morgan fingerprint density at radius 1 is 0.911 bits per heavy atom. The van der Waals surface area contributed by atoms with Gasteiger partial charge in [-0.2, -0.15) is 8.42 Å². The number of carbonyl (C=O) groups excluding carboxylic acids is 2. The summed E-state index contributed by atoms with van der Waals surface area (Å²) in [5.74, 6) is -2.51. The molecule has 0 aliphatic rings. The van der Waals surface area contributed by atoms with E-state index in [9.17, 15) is 22.4 Å². The topological polar surface area (TPSA) is 113 Å². The van der Waals surface area contributed by atoms with Crippen molar-refractivity contribution in [2.75, 3.05) is 17.6 Å². The molecule has 4 rings (SSSR count). The molecule has 1 atom stereocenters. The van der Waals surface area contributed by atoms with Crippen LogP contribution in [0.25, 0.3) is 11.1 Å². The summed E-state index contributed by atoms with van der Waals surface area (Å²) in [6, 6.07) is 23.7. The number of benzene rings is 4. The minimum atomic E-state index is -4.19. The zero-order valence-electron chi connectivity index (χ0n) is 24.9. The summed E-state index contributed by atoms with van der Waals surface area (Å²) in [4.78, 5) is 26.2. The molecule has 45 heavy (non-hydrogen) atoms. The molecule has 3 N–H and O–H groups in total. The Kier molecular flexibility index (Phi) is 10.7. The molecule has 7 nitrogen and oxygen atoms in total. The Hall–Kier alpha value is -3.76. The maximum Gasteiger partial charge on any atom is 0.266 e. The van der Waals surface area contributed by atoms with Crippen LogP contribution in [-0.2, 0) is 26.7 Å². The third kappa shape index (κ3) is 9.37. The van der Waals surface area contributed by atoms with Crippen molar-refractivity contribution in [3.63, 3.8) is 0 Å². The van der Waals surface area contributed by atoms with Crippen LogP contribution in [0.15, 0.2) is 84.9 Å². The van der Waals surface area contributed by atoms with Gasteiger partial charge in [0.25, 0.3) is 16.0 Å². The van der Waals surface area contributed by atoms with Crippen LogP contribution in [0.3, 0.4) is 0 Å². The fourth-order valence-corrected chi connectivity index (χ4v) is 5.47. The van der Waals surface area contributed by atoms with Crippen molar-refractivity contribution in [3.05, 3.63) is 123 Å². The third-order valence-corrected chi connectivity index (χ3v) is 8.53. The van der Waals surface area contributed by atoms with Crippen molar-refractivity contribution < 1.29 is 27.0 Å². The van der Waals surface area contributed by atoms with Gasteiger partial charge in [-0.15, -0.1) is 0 Å². The zero-order chi connectivity index (χ0) is 32.9. The van der Waals surface area contributed by atoms with Gasteiger partial charge in [-0.3, -0.25) is 14.1 Å². The second-order valence-electron chi connectivity index (χ2n) is 11.7. The minimum absolute atomic E-state index is 0.0765. The summed E-state index contributed by atoms with van der Waals surface area (Å²) in [6.07, 6.45) is 0.303. The molecule has 2 amide bonds. The fourth-order valence-electron chi connectivity index (χ4n) is 4.73. The van der Waals surface area contributed by atoms with E-state index in [2.05, 4.69) is 31.4 Å². The Labute approximate surface area is 272 Å². The van der Waals surface area contributed by atoms with E-state index in [0.29, 0.717) is 28.8 Å². The molecule has 4 aromatic rings. The van der Waals surface area contributed by atoms with E-state index in [-0.39, 0.29) is 27.9 Å². The molecular weight excluding hydrogens is 638 g/mol. The van der Waals surface area contributed by atoms with E-state index in [1.165, 1.54) is 6.07 Å². The SMILES string of the molecule is CC(C)(C)c1ccc(C(Cc2ccc(C(=O)NCCS(=O)(=O)O)cc2)C(=O)Nc2ccc(-c3ccc(Cl)cc3F)cc2Cl)cc1. The van der Waals surface area contributed by atoms with Gasteiger partial charge < -0.3 is 10.6 Å². The number of hydrogen-bond donors (Lipinski definition) is 3. The summed E-state index contributed by atoms with van der Waals surface area (Å²) in [5.41, 5.74) is 4.12. The van der Waals surface area contributed by atoms with Crippen LogP contribution in [0, 0.1) is 5.82 Å². The second kappa shape index (κ2) is 14.1. The van der Waals surface area contributed by atoms with Crippen LogP contribution in [0.4, 0.5) is 10.1 Å². The molecule has 0 radical (unpaired) electrons. The van der Waals surface area contributed by atoms with Gasteiger partial charge in [0.1, 0.15) is 5.82 Å². The van der Waals surface area contributed by atoms with Gasteiger partial charge >= 0.3 is 0 Å². The lowest BCUT2D eigenvalue weighted by atomic mass is 9.84. The number of anilines is 1. The molecule has 0 spiro atoms. The average molecular weight is 672 g/mol. The van der Waals surface area contributed by atoms with Gasteiger partial charge in [-0.05, 0) is 76.6 Å². The standard InChI is InChI=1S/C34H33Cl2FN2O5S/c1-34(2,3)25-11-8-22(9-12-25)28(18-21-4-6-23(7-5-21)32(40)38-16-17-45(42,43)44)33(41)39-31-15-10-24(19-29(31)36)27-14-13-26(35)20-30(27)37/h4-15,19-20,28H,16-18H2,1-3H3,(H,38,40)(H,39,41)(H,42,43,44). The zero-order valence-corrected chi connectivity index (χ0v) is 27.2. The van der Waals surface area contributed by atoms with E-state index in [4.69, 9.17) is 27.8 Å². The smallest absolute Gasteiger partial charge is 0.266 e. The highest BCUT2D eigenvalue weighted by atomic mass is 35.5. The third-order valence-electron chi connectivity index (χ3n) is 7.27. The molecule has 236 valence electrons. The Morgan fingerprint density at radius 3 is 2.16 bits per heavy atom. The number of halogens is 3. The number of rotatable bonds is 10. The van der Waals surface area contributed by atoms with E-state index in [1.54, 1.807) is 54.6 Å². The molecule has 0 aliphatic carbocycles. The maximum atomic E-state index is 14.5. The number of hydrogen-bond acceptors (Lipinski definition) is 4. The molecule has 4 aromatic carbocycles. The first-order valence-corrected chi connectivity index (χ1v) is 16.5. The minimum Gasteiger partial charge on any atom is -0.351 e. The molecule has 11 heteroatoms. The van der Waals surface area contributed by atoms with Crippen molar-refractivity contribution in [2.45, 2.75) is 38.5 Å². The largest absolute Gasteiger partial charge is 0.351 e. The molecule has 1 unspecified atom stereocenters. The normalized spacial score (nSPS) is 12.4. The summed E-state index contributed by atoms with van der Waals surface area (Å²) >= 11 is 12.4. The Bertz CT molecular complexity index is 1810. The number of carbonyl (C=O) groups is 2. The first-order valence-electron chi connectivity index (χ1n) is 14.1. The van der Waals surface area contributed by atoms with Crippen molar-refractivity contribution in [1.82, 2.24) is 5.32 Å². The van der Waals surface area contributed by atoms with Crippen molar-refractivity contribution in [3.8, 4) is 11.1 Å². The predicted molar refractivity (Wildman–Crippen MR) is 177 cm³/mol. The van der Waals surface area contributed by atoms with Crippen molar-refractivity contribution in [1.29, 1.82) is 0 Å². The van der Waals surface area contributed by atoms with Gasteiger partial charge in [-0.25, -0.2) is 4.39 Å². The van der Waals surface area contributed by atoms with Crippen LogP contribution in [0.5, 0.6) is 0 Å². The second-order valence-corrected chi connectivity index (χ2v) is 14.1. The van der Waals surface area contributed by atoms with Gasteiger partial charge in [0.15, 0.2) is 0 Å². The van der Waals surface area contributed by atoms with Gasteiger partial charge in [0.05, 0.1) is 22.4 Å². The summed E-state index contributed by atoms with van der Waals surface area (Å²) in [7, 11) is -4.19. The molecule has 0 aromatic heterocycles. The highest BCUT2D eigenvalue weighted by Crippen LogP contribution is 2.33. The first-order chi connectivity index (χ1) is 21.1. The van der Waals surface area contributed by atoms with Crippen LogP contribution in [0.2, 0.25) is 10.0 Å². The van der Waals surface area contributed by atoms with Crippen LogP contribution >= 0.6 is 23.2 Å². The van der Waals surface area contributed by atoms with Gasteiger partial charge in [0, 0.05) is 22.7 Å². The monoisotopic (exact) mass is 670 g/mol. The molecule has 0 bridgehead atoms. The molecule has 0 saturated carbocycles. The number of amides is 2. The van der Waals surface area contributed by atoms with Crippen molar-refractivity contribution >= 4 is 50.8 Å². The molecular formula is C34H33Cl2FN2O5S. The highest BCUT2D eigenvalue weighted by molar-refractivity contribution is 7.85. The lowest BCUT2D eigenvalue weighted by Crippen LogP contribution is -2.28. The van der Waals surface area contributed by atoms with E-state index >= 15 is 0 Å². The summed E-state index contributed by atoms with van der Waals surface area (Å²) < 4.78 is 45.2. The van der Waals surface area contributed by atoms with E-state index in [0.717, 1.165) is 16.7 Å². The predicted octanol–water partition coefficient (Wildman–Crippen LogP) is 7.68. The van der Waals surface area contributed by atoms with Gasteiger partial charge in [0.2, 0.25) is 5.91 Å². The Morgan fingerprint density at radius 2 is 1.58 bits per heavy atom. The van der Waals surface area contributed by atoms with Gasteiger partial charge in [-0.1, -0.05) is 86.4 Å².